The van der Waals surface area contributed by atoms with Crippen LogP contribution in [0.2, 0.25) is 0 Å². The molecule has 0 aliphatic rings. The molecule has 0 saturated carbocycles. The average molecular weight is 397 g/mol. The summed E-state index contributed by atoms with van der Waals surface area (Å²) in [5.74, 6) is -1.46. The van der Waals surface area contributed by atoms with Gasteiger partial charge in [-0.3, -0.25) is 9.59 Å². The molecule has 29 heavy (non-hydrogen) atoms. The highest BCUT2D eigenvalue weighted by Gasteiger charge is 2.25. The van der Waals surface area contributed by atoms with E-state index in [0.717, 1.165) is 11.1 Å². The molecule has 0 spiro atoms. The maximum atomic E-state index is 12.6. The Labute approximate surface area is 171 Å². The molecule has 2 rings (SSSR count). The molecule has 0 aliphatic carbocycles. The van der Waals surface area contributed by atoms with Crippen molar-refractivity contribution in [2.45, 2.75) is 45.3 Å². The summed E-state index contributed by atoms with van der Waals surface area (Å²) in [4.78, 5) is 36.5. The summed E-state index contributed by atoms with van der Waals surface area (Å²) in [5, 5.41) is 2.64. The minimum absolute atomic E-state index is 0.00966. The predicted molar refractivity (Wildman–Crippen MR) is 110 cm³/mol. The number of methoxy groups -OCH3 is 1. The lowest BCUT2D eigenvalue weighted by Crippen LogP contribution is -2.42. The van der Waals surface area contributed by atoms with Crippen molar-refractivity contribution >= 4 is 17.8 Å². The third-order valence-corrected chi connectivity index (χ3v) is 4.10. The molecule has 0 aromatic heterocycles. The van der Waals surface area contributed by atoms with Gasteiger partial charge in [0.1, 0.15) is 11.6 Å². The van der Waals surface area contributed by atoms with Gasteiger partial charge in [0.25, 0.3) is 5.91 Å². The first-order valence-corrected chi connectivity index (χ1v) is 9.45. The number of carbonyl (C=O) groups excluding carboxylic acids is 3. The van der Waals surface area contributed by atoms with Crippen LogP contribution in [0.5, 0.6) is 0 Å². The monoisotopic (exact) mass is 397 g/mol. The van der Waals surface area contributed by atoms with Crippen molar-refractivity contribution in [2.24, 2.45) is 0 Å². The number of benzene rings is 2. The van der Waals surface area contributed by atoms with Crippen LogP contribution in [0, 0.1) is 0 Å². The highest BCUT2D eigenvalue weighted by molar-refractivity contribution is 5.97. The van der Waals surface area contributed by atoms with Gasteiger partial charge in [0.05, 0.1) is 7.11 Å². The van der Waals surface area contributed by atoms with Gasteiger partial charge in [-0.05, 0) is 50.5 Å². The van der Waals surface area contributed by atoms with Gasteiger partial charge in [-0.1, -0.05) is 42.5 Å². The molecule has 0 radical (unpaired) electrons. The van der Waals surface area contributed by atoms with Crippen LogP contribution in [-0.4, -0.2) is 36.6 Å². The zero-order valence-corrected chi connectivity index (χ0v) is 17.2. The van der Waals surface area contributed by atoms with Gasteiger partial charge < -0.3 is 14.8 Å². The molecule has 1 atom stereocenters. The van der Waals surface area contributed by atoms with Crippen molar-refractivity contribution in [2.75, 3.05) is 7.11 Å². The summed E-state index contributed by atoms with van der Waals surface area (Å²) in [5.41, 5.74) is 1.83. The van der Waals surface area contributed by atoms with Crippen LogP contribution in [0.15, 0.2) is 54.6 Å². The number of nitrogens with one attached hydrogen (secondary N) is 1. The zero-order valence-electron chi connectivity index (χ0n) is 17.2. The second kappa shape index (κ2) is 9.87. The summed E-state index contributed by atoms with van der Waals surface area (Å²) in [6, 6.07) is 15.9. The smallest absolute Gasteiger partial charge is 0.328 e. The fraction of sp³-hybridized carbons (Fsp3) is 0.348. The van der Waals surface area contributed by atoms with E-state index in [1.165, 1.54) is 7.11 Å². The van der Waals surface area contributed by atoms with E-state index in [9.17, 15) is 14.4 Å². The van der Waals surface area contributed by atoms with E-state index in [4.69, 9.17) is 9.47 Å². The van der Waals surface area contributed by atoms with Gasteiger partial charge in [-0.15, -0.1) is 0 Å². The summed E-state index contributed by atoms with van der Waals surface area (Å²) in [6.07, 6.45) is 0.0830. The molecule has 0 bridgehead atoms. The largest absolute Gasteiger partial charge is 0.467 e. The van der Waals surface area contributed by atoms with Crippen LogP contribution >= 0.6 is 0 Å². The third kappa shape index (κ3) is 7.07. The summed E-state index contributed by atoms with van der Waals surface area (Å²) in [7, 11) is 1.24. The molecule has 0 saturated heterocycles. The van der Waals surface area contributed by atoms with Crippen molar-refractivity contribution in [3.8, 4) is 11.1 Å². The minimum atomic E-state index is -0.936. The number of hydrogen-bond acceptors (Lipinski definition) is 5. The summed E-state index contributed by atoms with van der Waals surface area (Å²) < 4.78 is 10.00. The maximum absolute atomic E-state index is 12.6. The van der Waals surface area contributed by atoms with Gasteiger partial charge in [-0.2, -0.15) is 0 Å². The highest BCUT2D eigenvalue weighted by atomic mass is 16.6. The Morgan fingerprint density at radius 2 is 1.52 bits per heavy atom. The van der Waals surface area contributed by atoms with Gasteiger partial charge in [0.15, 0.2) is 0 Å². The molecule has 0 aliphatic heterocycles. The molecule has 0 heterocycles. The molecule has 154 valence electrons. The Morgan fingerprint density at radius 1 is 0.931 bits per heavy atom. The molecule has 0 fully saturated rings. The van der Waals surface area contributed by atoms with E-state index in [0.29, 0.717) is 5.56 Å². The molecule has 0 unspecified atom stereocenters. The summed E-state index contributed by atoms with van der Waals surface area (Å²) in [6.45, 7) is 5.30. The molecule has 2 aromatic rings. The predicted octanol–water partition coefficient (Wildman–Crippen LogP) is 3.75. The second-order valence-electron chi connectivity index (χ2n) is 7.62. The Kier molecular flexibility index (Phi) is 7.53. The Bertz CT molecular complexity index is 838. The second-order valence-corrected chi connectivity index (χ2v) is 7.62. The van der Waals surface area contributed by atoms with Gasteiger partial charge in [0, 0.05) is 12.0 Å². The zero-order chi connectivity index (χ0) is 21.4. The third-order valence-electron chi connectivity index (χ3n) is 4.10. The van der Waals surface area contributed by atoms with E-state index in [1.807, 2.05) is 42.5 Å². The van der Waals surface area contributed by atoms with Crippen molar-refractivity contribution in [1.29, 1.82) is 0 Å². The maximum Gasteiger partial charge on any atom is 0.328 e. The molecular formula is C23H27NO5. The lowest BCUT2D eigenvalue weighted by atomic mass is 10.0. The van der Waals surface area contributed by atoms with Crippen LogP contribution in [0.25, 0.3) is 11.1 Å². The number of hydrogen-bond donors (Lipinski definition) is 1. The van der Waals surface area contributed by atoms with E-state index < -0.39 is 29.5 Å². The van der Waals surface area contributed by atoms with Gasteiger partial charge in [0.2, 0.25) is 0 Å². The lowest BCUT2D eigenvalue weighted by molar-refractivity contribution is -0.155. The molecule has 1 N–H and O–H groups in total. The van der Waals surface area contributed by atoms with Gasteiger partial charge >= 0.3 is 11.9 Å². The molecule has 1 amide bonds. The van der Waals surface area contributed by atoms with Crippen LogP contribution in [0.3, 0.4) is 0 Å². The van der Waals surface area contributed by atoms with Crippen molar-refractivity contribution in [1.82, 2.24) is 5.32 Å². The Hall–Kier alpha value is -3.15. The molecular weight excluding hydrogens is 370 g/mol. The minimum Gasteiger partial charge on any atom is -0.467 e. The molecule has 2 aromatic carbocycles. The van der Waals surface area contributed by atoms with Crippen LogP contribution in [0.1, 0.15) is 44.0 Å². The fourth-order valence-corrected chi connectivity index (χ4v) is 2.73. The number of esters is 2. The number of amides is 1. The van der Waals surface area contributed by atoms with Gasteiger partial charge in [-0.25, -0.2) is 4.79 Å². The Balaban J connectivity index is 2.02. The number of rotatable bonds is 7. The van der Waals surface area contributed by atoms with Crippen molar-refractivity contribution in [3.05, 3.63) is 60.2 Å². The number of carbonyl (C=O) groups is 3. The van der Waals surface area contributed by atoms with E-state index in [1.54, 1.807) is 32.9 Å². The standard InChI is InChI=1S/C23H27NO5/c1-23(2,3)29-20(25)15-14-19(22(27)28-4)24-21(26)18-12-10-17(11-13-18)16-8-6-5-7-9-16/h5-13,19H,14-15H2,1-4H3,(H,24,26)/t19-/m0/s1. The Morgan fingerprint density at radius 3 is 2.07 bits per heavy atom. The molecule has 6 heteroatoms. The van der Waals surface area contributed by atoms with Crippen LogP contribution in [0.4, 0.5) is 0 Å². The summed E-state index contributed by atoms with van der Waals surface area (Å²) >= 11 is 0. The van der Waals surface area contributed by atoms with Crippen molar-refractivity contribution < 1.29 is 23.9 Å². The fourth-order valence-electron chi connectivity index (χ4n) is 2.73. The average Bonchev–Trinajstić information content (AvgIpc) is 2.69. The SMILES string of the molecule is COC(=O)[C@H](CCC(=O)OC(C)(C)C)NC(=O)c1ccc(-c2ccccc2)cc1. The molecule has 6 nitrogen and oxygen atoms in total. The van der Waals surface area contributed by atoms with E-state index >= 15 is 0 Å². The first-order chi connectivity index (χ1) is 13.7. The number of ether oxygens (including phenoxy) is 2. The van der Waals surface area contributed by atoms with E-state index in [-0.39, 0.29) is 12.8 Å². The van der Waals surface area contributed by atoms with Crippen LogP contribution < -0.4 is 5.32 Å². The topological polar surface area (TPSA) is 81.7 Å². The van der Waals surface area contributed by atoms with Crippen LogP contribution in [-0.2, 0) is 19.1 Å². The normalized spacial score (nSPS) is 12.0. The quantitative estimate of drug-likeness (QED) is 0.720. The van der Waals surface area contributed by atoms with Crippen molar-refractivity contribution in [3.63, 3.8) is 0 Å². The van der Waals surface area contributed by atoms with E-state index in [2.05, 4.69) is 5.32 Å². The highest BCUT2D eigenvalue weighted by Crippen LogP contribution is 2.19. The lowest BCUT2D eigenvalue weighted by Gasteiger charge is -2.21. The first kappa shape index (κ1) is 22.1. The first-order valence-electron chi connectivity index (χ1n) is 9.45.